The van der Waals surface area contributed by atoms with Gasteiger partial charge in [0.1, 0.15) is 0 Å². The monoisotopic (exact) mass is 219 g/mol. The molecule has 0 unspecified atom stereocenters. The number of aromatic amines is 1. The van der Waals surface area contributed by atoms with Crippen LogP contribution in [0.15, 0.2) is 30.5 Å². The Morgan fingerprint density at radius 1 is 1.38 bits per heavy atom. The van der Waals surface area contributed by atoms with E-state index < -0.39 is 4.92 Å². The molecular formula is C10H9N3O3. The first kappa shape index (κ1) is 10.2. The summed E-state index contributed by atoms with van der Waals surface area (Å²) in [6.07, 6.45) is 1.68. The molecule has 0 bridgehead atoms. The largest absolute Gasteiger partial charge is 0.468 e. The fraction of sp³-hybridized carbons (Fsp3) is 0.100. The molecule has 0 saturated carbocycles. The van der Waals surface area contributed by atoms with Gasteiger partial charge >= 0.3 is 0 Å². The van der Waals surface area contributed by atoms with Gasteiger partial charge < -0.3 is 9.72 Å². The topological polar surface area (TPSA) is 81.1 Å². The van der Waals surface area contributed by atoms with Crippen LogP contribution in [-0.4, -0.2) is 22.0 Å². The molecule has 1 aromatic heterocycles. The second kappa shape index (κ2) is 4.01. The zero-order valence-corrected chi connectivity index (χ0v) is 8.51. The van der Waals surface area contributed by atoms with E-state index in [1.165, 1.54) is 19.2 Å². The molecule has 0 fully saturated rings. The molecule has 6 nitrogen and oxygen atoms in total. The minimum absolute atomic E-state index is 0.0613. The van der Waals surface area contributed by atoms with Gasteiger partial charge in [-0.25, -0.2) is 0 Å². The van der Waals surface area contributed by atoms with Gasteiger partial charge in [0.2, 0.25) is 0 Å². The molecule has 0 aliphatic heterocycles. The molecule has 0 spiro atoms. The quantitative estimate of drug-likeness (QED) is 0.632. The number of rotatable bonds is 3. The lowest BCUT2D eigenvalue weighted by atomic mass is 10.1. The van der Waals surface area contributed by atoms with Crippen molar-refractivity contribution < 1.29 is 9.66 Å². The average Bonchev–Trinajstić information content (AvgIpc) is 2.77. The number of aromatic nitrogens is 2. The van der Waals surface area contributed by atoms with Crippen LogP contribution in [0.5, 0.6) is 6.01 Å². The third-order valence-corrected chi connectivity index (χ3v) is 2.12. The molecule has 0 radical (unpaired) electrons. The van der Waals surface area contributed by atoms with Gasteiger partial charge in [0.05, 0.1) is 17.7 Å². The number of ether oxygens (including phenoxy) is 1. The molecule has 0 aliphatic rings. The van der Waals surface area contributed by atoms with E-state index in [1.807, 2.05) is 0 Å². The maximum atomic E-state index is 10.5. The molecule has 16 heavy (non-hydrogen) atoms. The van der Waals surface area contributed by atoms with Crippen LogP contribution in [-0.2, 0) is 0 Å². The Balaban J connectivity index is 2.30. The molecule has 0 amide bonds. The Labute approximate surface area is 91.0 Å². The molecule has 1 heterocycles. The lowest BCUT2D eigenvalue weighted by molar-refractivity contribution is -0.384. The minimum Gasteiger partial charge on any atom is -0.468 e. The van der Waals surface area contributed by atoms with Gasteiger partial charge in [0, 0.05) is 23.9 Å². The molecule has 1 aromatic carbocycles. The Morgan fingerprint density at radius 2 is 2.06 bits per heavy atom. The van der Waals surface area contributed by atoms with E-state index in [0.29, 0.717) is 11.7 Å². The summed E-state index contributed by atoms with van der Waals surface area (Å²) < 4.78 is 4.90. The maximum Gasteiger partial charge on any atom is 0.293 e. The van der Waals surface area contributed by atoms with Crippen molar-refractivity contribution >= 4 is 5.69 Å². The van der Waals surface area contributed by atoms with Gasteiger partial charge in [-0.1, -0.05) is 0 Å². The maximum absolute atomic E-state index is 10.5. The highest BCUT2D eigenvalue weighted by Crippen LogP contribution is 2.21. The van der Waals surface area contributed by atoms with Gasteiger partial charge in [-0.15, -0.1) is 0 Å². The van der Waals surface area contributed by atoms with Crippen LogP contribution in [0.2, 0.25) is 0 Å². The van der Waals surface area contributed by atoms with Crippen molar-refractivity contribution in [1.82, 2.24) is 9.97 Å². The fourth-order valence-electron chi connectivity index (χ4n) is 1.31. The number of hydrogen-bond acceptors (Lipinski definition) is 4. The second-order valence-corrected chi connectivity index (χ2v) is 3.10. The number of imidazole rings is 1. The number of benzene rings is 1. The van der Waals surface area contributed by atoms with Crippen LogP contribution in [0.4, 0.5) is 5.69 Å². The summed E-state index contributed by atoms with van der Waals surface area (Å²) in [5.41, 5.74) is 1.54. The molecular weight excluding hydrogens is 210 g/mol. The number of hydrogen-bond donors (Lipinski definition) is 1. The summed E-state index contributed by atoms with van der Waals surface area (Å²) >= 11 is 0. The summed E-state index contributed by atoms with van der Waals surface area (Å²) in [5, 5.41) is 10.5. The smallest absolute Gasteiger partial charge is 0.293 e. The number of nitro benzene ring substituents is 1. The van der Waals surface area contributed by atoms with E-state index >= 15 is 0 Å². The predicted molar refractivity (Wildman–Crippen MR) is 57.2 cm³/mol. The number of non-ortho nitro benzene ring substituents is 1. The normalized spacial score (nSPS) is 10.1. The van der Waals surface area contributed by atoms with Crippen molar-refractivity contribution in [2.75, 3.05) is 7.11 Å². The summed E-state index contributed by atoms with van der Waals surface area (Å²) in [7, 11) is 1.51. The third kappa shape index (κ3) is 1.85. The van der Waals surface area contributed by atoms with Gasteiger partial charge in [0.25, 0.3) is 11.7 Å². The van der Waals surface area contributed by atoms with Gasteiger partial charge in [0.15, 0.2) is 0 Å². The Kier molecular flexibility index (Phi) is 2.55. The van der Waals surface area contributed by atoms with E-state index in [9.17, 15) is 10.1 Å². The van der Waals surface area contributed by atoms with E-state index in [1.54, 1.807) is 18.3 Å². The molecule has 1 N–H and O–H groups in total. The highest BCUT2D eigenvalue weighted by atomic mass is 16.6. The fourth-order valence-corrected chi connectivity index (χ4v) is 1.31. The Hall–Kier alpha value is -2.37. The number of H-pyrrole nitrogens is 1. The zero-order chi connectivity index (χ0) is 11.5. The first-order valence-electron chi connectivity index (χ1n) is 4.55. The predicted octanol–water partition coefficient (Wildman–Crippen LogP) is 1.99. The van der Waals surface area contributed by atoms with Crippen LogP contribution in [0.3, 0.4) is 0 Å². The molecule has 2 rings (SSSR count). The SMILES string of the molecule is COc1nc(-c2ccc([N+](=O)[O-])cc2)c[nH]1. The zero-order valence-electron chi connectivity index (χ0n) is 8.51. The van der Waals surface area contributed by atoms with Crippen molar-refractivity contribution in [2.24, 2.45) is 0 Å². The third-order valence-electron chi connectivity index (χ3n) is 2.12. The number of nitrogens with one attached hydrogen (secondary N) is 1. The summed E-state index contributed by atoms with van der Waals surface area (Å²) in [5.74, 6) is 0. The van der Waals surface area contributed by atoms with Crippen molar-refractivity contribution in [2.45, 2.75) is 0 Å². The van der Waals surface area contributed by atoms with Crippen LogP contribution in [0, 0.1) is 10.1 Å². The van der Waals surface area contributed by atoms with E-state index in [4.69, 9.17) is 4.74 Å². The molecule has 82 valence electrons. The molecule has 6 heteroatoms. The van der Waals surface area contributed by atoms with E-state index in [2.05, 4.69) is 9.97 Å². The average molecular weight is 219 g/mol. The van der Waals surface area contributed by atoms with Gasteiger partial charge in [-0.05, 0) is 12.1 Å². The van der Waals surface area contributed by atoms with Crippen LogP contribution in [0.25, 0.3) is 11.3 Å². The van der Waals surface area contributed by atoms with Crippen molar-refractivity contribution in [1.29, 1.82) is 0 Å². The van der Waals surface area contributed by atoms with Crippen LogP contribution >= 0.6 is 0 Å². The lowest BCUT2D eigenvalue weighted by Gasteiger charge is -1.95. The number of nitro groups is 1. The van der Waals surface area contributed by atoms with Crippen LogP contribution in [0.1, 0.15) is 0 Å². The van der Waals surface area contributed by atoms with Crippen molar-refractivity contribution in [3.8, 4) is 17.3 Å². The van der Waals surface area contributed by atoms with Gasteiger partial charge in [-0.2, -0.15) is 4.98 Å². The molecule has 0 saturated heterocycles. The summed E-state index contributed by atoms with van der Waals surface area (Å²) in [6, 6.07) is 6.59. The summed E-state index contributed by atoms with van der Waals surface area (Å²) in [4.78, 5) is 17.0. The Bertz CT molecular complexity index is 504. The van der Waals surface area contributed by atoms with E-state index in [0.717, 1.165) is 5.56 Å². The second-order valence-electron chi connectivity index (χ2n) is 3.10. The minimum atomic E-state index is -0.436. The highest BCUT2D eigenvalue weighted by molar-refractivity contribution is 5.60. The summed E-state index contributed by atoms with van der Waals surface area (Å²) in [6.45, 7) is 0. The number of nitrogens with zero attached hydrogens (tertiary/aromatic N) is 2. The van der Waals surface area contributed by atoms with Crippen LogP contribution < -0.4 is 4.74 Å². The first-order valence-corrected chi connectivity index (χ1v) is 4.55. The van der Waals surface area contributed by atoms with E-state index in [-0.39, 0.29) is 5.69 Å². The van der Waals surface area contributed by atoms with Gasteiger partial charge in [-0.3, -0.25) is 10.1 Å². The molecule has 0 aliphatic carbocycles. The first-order chi connectivity index (χ1) is 7.70. The molecule has 0 atom stereocenters. The van der Waals surface area contributed by atoms with Crippen molar-refractivity contribution in [3.05, 3.63) is 40.6 Å². The lowest BCUT2D eigenvalue weighted by Crippen LogP contribution is -1.87. The number of methoxy groups -OCH3 is 1. The Morgan fingerprint density at radius 3 is 2.56 bits per heavy atom. The molecule has 2 aromatic rings. The highest BCUT2D eigenvalue weighted by Gasteiger charge is 2.07. The standard InChI is InChI=1S/C10H9N3O3/c1-16-10-11-6-9(12-10)7-2-4-8(5-3-7)13(14)15/h2-6H,1H3,(H,11,12). The van der Waals surface area contributed by atoms with Crippen molar-refractivity contribution in [3.63, 3.8) is 0 Å².